The maximum atomic E-state index is 12.6. The van der Waals surface area contributed by atoms with Crippen LogP contribution in [0.25, 0.3) is 0 Å². The molecule has 0 radical (unpaired) electrons. The summed E-state index contributed by atoms with van der Waals surface area (Å²) in [5, 5.41) is 5.92. The minimum atomic E-state index is -0.240. The summed E-state index contributed by atoms with van der Waals surface area (Å²) >= 11 is 0. The highest BCUT2D eigenvalue weighted by Crippen LogP contribution is 2.30. The first kappa shape index (κ1) is 21.4. The van der Waals surface area contributed by atoms with Gasteiger partial charge in [0.05, 0.1) is 0 Å². The third-order valence-electron chi connectivity index (χ3n) is 6.30. The van der Waals surface area contributed by atoms with Crippen LogP contribution in [0.4, 0.5) is 5.69 Å². The molecule has 2 aromatic rings. The first-order chi connectivity index (χ1) is 15.2. The van der Waals surface area contributed by atoms with Crippen LogP contribution in [0.2, 0.25) is 0 Å². The first-order valence-corrected chi connectivity index (χ1v) is 11.3. The predicted molar refractivity (Wildman–Crippen MR) is 121 cm³/mol. The van der Waals surface area contributed by atoms with E-state index in [-0.39, 0.29) is 18.4 Å². The number of hydrogen-bond acceptors (Lipinski definition) is 4. The molecule has 2 aliphatic heterocycles. The molecule has 2 heterocycles. The van der Waals surface area contributed by atoms with Gasteiger partial charge in [0.15, 0.2) is 6.61 Å². The molecule has 0 unspecified atom stereocenters. The van der Waals surface area contributed by atoms with Crippen molar-refractivity contribution in [3.05, 3.63) is 60.2 Å². The van der Waals surface area contributed by atoms with E-state index in [1.165, 1.54) is 45.2 Å². The molecule has 6 nitrogen and oxygen atoms in total. The summed E-state index contributed by atoms with van der Waals surface area (Å²) in [6.07, 6.45) is 6.27. The van der Waals surface area contributed by atoms with Gasteiger partial charge in [-0.3, -0.25) is 9.59 Å². The summed E-state index contributed by atoms with van der Waals surface area (Å²) in [7, 11) is 0. The Labute approximate surface area is 184 Å². The van der Waals surface area contributed by atoms with E-state index in [0.29, 0.717) is 29.0 Å². The highest BCUT2D eigenvalue weighted by Gasteiger charge is 2.32. The molecule has 0 bridgehead atoms. The Balaban J connectivity index is 1.23. The second-order valence-corrected chi connectivity index (χ2v) is 8.44. The lowest BCUT2D eigenvalue weighted by Gasteiger charge is -2.44. The number of fused-ring (bicyclic) bond motifs is 1. The average Bonchev–Trinajstić information content (AvgIpc) is 2.82. The number of carbonyl (C=O) groups excluding carboxylic acids is 2. The molecule has 2 amide bonds. The van der Waals surface area contributed by atoms with Gasteiger partial charge in [-0.1, -0.05) is 24.6 Å². The van der Waals surface area contributed by atoms with Crippen molar-refractivity contribution < 1.29 is 14.3 Å². The second-order valence-electron chi connectivity index (χ2n) is 8.44. The molecular formula is C25H31N3O3. The smallest absolute Gasteiger partial charge is 0.262 e. The third-order valence-corrected chi connectivity index (χ3v) is 6.30. The van der Waals surface area contributed by atoms with Crippen LogP contribution in [0.5, 0.6) is 5.75 Å². The van der Waals surface area contributed by atoms with Gasteiger partial charge in [-0.15, -0.1) is 0 Å². The molecular weight excluding hydrogens is 390 g/mol. The highest BCUT2D eigenvalue weighted by atomic mass is 16.5. The number of carbonyl (C=O) groups is 2. The zero-order valence-electron chi connectivity index (χ0n) is 17.9. The molecule has 0 spiro atoms. The van der Waals surface area contributed by atoms with Crippen molar-refractivity contribution in [1.82, 2.24) is 10.2 Å². The van der Waals surface area contributed by atoms with Crippen LogP contribution in [0.15, 0.2) is 54.6 Å². The fraction of sp³-hybridized carbons (Fsp3) is 0.440. The van der Waals surface area contributed by atoms with Crippen LogP contribution in [0, 0.1) is 5.92 Å². The number of para-hydroxylation sites is 1. The fourth-order valence-electron chi connectivity index (χ4n) is 4.71. The highest BCUT2D eigenvalue weighted by molar-refractivity contribution is 5.96. The molecule has 164 valence electrons. The Morgan fingerprint density at radius 2 is 1.71 bits per heavy atom. The van der Waals surface area contributed by atoms with Crippen molar-refractivity contribution in [3.8, 4) is 5.75 Å². The Morgan fingerprint density at radius 3 is 2.52 bits per heavy atom. The number of ether oxygens (including phenoxy) is 1. The molecule has 2 N–H and O–H groups in total. The van der Waals surface area contributed by atoms with Crippen molar-refractivity contribution in [2.45, 2.75) is 38.1 Å². The van der Waals surface area contributed by atoms with E-state index in [0.717, 1.165) is 6.54 Å². The third kappa shape index (κ3) is 5.85. The maximum absolute atomic E-state index is 12.6. The van der Waals surface area contributed by atoms with Crippen molar-refractivity contribution in [2.24, 2.45) is 5.92 Å². The lowest BCUT2D eigenvalue weighted by Crippen LogP contribution is -2.51. The van der Waals surface area contributed by atoms with E-state index >= 15 is 0 Å². The molecule has 0 aromatic heterocycles. The van der Waals surface area contributed by atoms with Crippen LogP contribution < -0.4 is 15.4 Å². The summed E-state index contributed by atoms with van der Waals surface area (Å²) in [4.78, 5) is 27.3. The summed E-state index contributed by atoms with van der Waals surface area (Å²) in [6.45, 7) is 3.08. The van der Waals surface area contributed by atoms with Gasteiger partial charge in [-0.25, -0.2) is 0 Å². The van der Waals surface area contributed by atoms with Crippen molar-refractivity contribution in [3.63, 3.8) is 0 Å². The SMILES string of the molecule is O=C(COc1ccccc1)Nc1ccc(C(=O)NC[C@@H]2CCCN3CCCC[C@H]23)cc1. The van der Waals surface area contributed by atoms with E-state index in [1.807, 2.05) is 18.2 Å². The monoisotopic (exact) mass is 421 g/mol. The normalized spacial score (nSPS) is 21.0. The number of rotatable bonds is 7. The van der Waals surface area contributed by atoms with E-state index in [9.17, 15) is 9.59 Å². The molecule has 2 saturated heterocycles. The van der Waals surface area contributed by atoms with Crippen molar-refractivity contribution in [2.75, 3.05) is 31.6 Å². The molecule has 2 aliphatic rings. The van der Waals surface area contributed by atoms with Crippen LogP contribution in [0.1, 0.15) is 42.5 Å². The molecule has 31 heavy (non-hydrogen) atoms. The van der Waals surface area contributed by atoms with Crippen LogP contribution in [-0.4, -0.2) is 49.0 Å². The minimum Gasteiger partial charge on any atom is -0.484 e. The summed E-state index contributed by atoms with van der Waals surface area (Å²) in [6, 6.07) is 16.8. The van der Waals surface area contributed by atoms with Gasteiger partial charge in [-0.2, -0.15) is 0 Å². The van der Waals surface area contributed by atoms with Crippen molar-refractivity contribution in [1.29, 1.82) is 0 Å². The molecule has 0 aliphatic carbocycles. The largest absolute Gasteiger partial charge is 0.484 e. The van der Waals surface area contributed by atoms with Gasteiger partial charge < -0.3 is 20.3 Å². The molecule has 0 saturated carbocycles. The quantitative estimate of drug-likeness (QED) is 0.715. The Hall–Kier alpha value is -2.86. The fourth-order valence-corrected chi connectivity index (χ4v) is 4.71. The molecule has 2 atom stereocenters. The minimum absolute atomic E-state index is 0.0572. The number of amides is 2. The summed E-state index contributed by atoms with van der Waals surface area (Å²) < 4.78 is 5.45. The number of nitrogens with zero attached hydrogens (tertiary/aromatic N) is 1. The molecule has 2 aromatic carbocycles. The van der Waals surface area contributed by atoms with Gasteiger partial charge in [-0.05, 0) is 81.1 Å². The molecule has 6 heteroatoms. The van der Waals surface area contributed by atoms with Gasteiger partial charge in [0.1, 0.15) is 5.75 Å². The Morgan fingerprint density at radius 1 is 0.935 bits per heavy atom. The topological polar surface area (TPSA) is 70.7 Å². The second kappa shape index (κ2) is 10.4. The van der Waals surface area contributed by atoms with Crippen molar-refractivity contribution >= 4 is 17.5 Å². The van der Waals surface area contributed by atoms with Gasteiger partial charge in [0.25, 0.3) is 11.8 Å². The van der Waals surface area contributed by atoms with Gasteiger partial charge >= 0.3 is 0 Å². The van der Waals surface area contributed by atoms with Crippen LogP contribution >= 0.6 is 0 Å². The number of benzene rings is 2. The average molecular weight is 422 g/mol. The standard InChI is InChI=1S/C25H31N3O3/c29-24(18-31-22-8-2-1-3-9-22)27-21-13-11-19(12-14-21)25(30)26-17-20-7-6-16-28-15-5-4-10-23(20)28/h1-3,8-9,11-14,20,23H,4-7,10,15-18H2,(H,26,30)(H,27,29)/t20-,23+/m0/s1. The Kier molecular flexibility index (Phi) is 7.20. The van der Waals surface area contributed by atoms with Crippen LogP contribution in [0.3, 0.4) is 0 Å². The lowest BCUT2D eigenvalue weighted by molar-refractivity contribution is -0.118. The zero-order valence-corrected chi connectivity index (χ0v) is 17.9. The molecule has 2 fully saturated rings. The van der Waals surface area contributed by atoms with Gasteiger partial charge in [0.2, 0.25) is 0 Å². The summed E-state index contributed by atoms with van der Waals surface area (Å²) in [5.41, 5.74) is 1.25. The van der Waals surface area contributed by atoms with Crippen LogP contribution in [-0.2, 0) is 4.79 Å². The maximum Gasteiger partial charge on any atom is 0.262 e. The van der Waals surface area contributed by atoms with Gasteiger partial charge in [0, 0.05) is 23.8 Å². The van der Waals surface area contributed by atoms with E-state index in [1.54, 1.807) is 36.4 Å². The number of anilines is 1. The number of piperidine rings is 2. The zero-order chi connectivity index (χ0) is 21.5. The summed E-state index contributed by atoms with van der Waals surface area (Å²) in [5.74, 6) is 0.897. The number of hydrogen-bond donors (Lipinski definition) is 2. The predicted octanol–water partition coefficient (Wildman–Crippen LogP) is 3.70. The number of nitrogens with one attached hydrogen (secondary N) is 2. The van der Waals surface area contributed by atoms with E-state index in [2.05, 4.69) is 15.5 Å². The van der Waals surface area contributed by atoms with E-state index < -0.39 is 0 Å². The Bertz CT molecular complexity index is 867. The molecule has 4 rings (SSSR count). The van der Waals surface area contributed by atoms with E-state index in [4.69, 9.17) is 4.74 Å². The lowest BCUT2D eigenvalue weighted by atomic mass is 9.83. The first-order valence-electron chi connectivity index (χ1n) is 11.3.